The molecule has 2 aromatic carbocycles. The Balaban J connectivity index is 2.13. The summed E-state index contributed by atoms with van der Waals surface area (Å²) in [6.45, 7) is 0.428. The van der Waals surface area contributed by atoms with E-state index >= 15 is 0 Å². The molecule has 0 N–H and O–H groups in total. The van der Waals surface area contributed by atoms with Crippen molar-refractivity contribution in [3.63, 3.8) is 0 Å². The third kappa shape index (κ3) is 2.36. The van der Waals surface area contributed by atoms with Crippen LogP contribution in [0.4, 0.5) is 5.69 Å². The highest BCUT2D eigenvalue weighted by molar-refractivity contribution is 7.93. The molecule has 0 saturated heterocycles. The Kier molecular flexibility index (Phi) is 3.55. The number of anilines is 1. The summed E-state index contributed by atoms with van der Waals surface area (Å²) in [6, 6.07) is 12.1. The van der Waals surface area contributed by atoms with E-state index in [2.05, 4.69) is 0 Å². The highest BCUT2D eigenvalue weighted by atomic mass is 35.5. The number of para-hydroxylation sites is 1. The number of rotatable bonds is 3. The quantitative estimate of drug-likeness (QED) is 0.872. The van der Waals surface area contributed by atoms with Crippen molar-refractivity contribution in [3.8, 4) is 5.75 Å². The molecule has 0 aliphatic carbocycles. The van der Waals surface area contributed by atoms with Gasteiger partial charge < -0.3 is 4.74 Å². The van der Waals surface area contributed by atoms with Crippen LogP contribution in [0.2, 0.25) is 5.02 Å². The zero-order valence-electron chi connectivity index (χ0n) is 11.4. The van der Waals surface area contributed by atoms with E-state index in [1.807, 2.05) is 24.3 Å². The molecule has 0 radical (unpaired) electrons. The molecule has 0 fully saturated rings. The van der Waals surface area contributed by atoms with Gasteiger partial charge in [0.15, 0.2) is 0 Å². The highest BCUT2D eigenvalue weighted by Crippen LogP contribution is 2.36. The monoisotopic (exact) mass is 323 g/mol. The molecular formula is C15H14ClNO3S. The van der Waals surface area contributed by atoms with Gasteiger partial charge in [0, 0.05) is 11.6 Å². The first-order chi connectivity index (χ1) is 10.0. The van der Waals surface area contributed by atoms with E-state index in [1.165, 1.54) is 17.5 Å². The summed E-state index contributed by atoms with van der Waals surface area (Å²) in [4.78, 5) is 0.0919. The summed E-state index contributed by atoms with van der Waals surface area (Å²) < 4.78 is 32.4. The number of sulfonamides is 1. The zero-order chi connectivity index (χ0) is 15.0. The van der Waals surface area contributed by atoms with Gasteiger partial charge in [-0.2, -0.15) is 0 Å². The van der Waals surface area contributed by atoms with Crippen molar-refractivity contribution in [2.24, 2.45) is 0 Å². The molecule has 0 aromatic heterocycles. The fourth-order valence-corrected chi connectivity index (χ4v) is 4.45. The Labute approximate surface area is 129 Å². The normalized spacial score (nSPS) is 14.1. The molecule has 0 spiro atoms. The fourth-order valence-electron chi connectivity index (χ4n) is 2.53. The van der Waals surface area contributed by atoms with Crippen LogP contribution in [-0.4, -0.2) is 22.1 Å². The number of methoxy groups -OCH3 is 1. The molecule has 21 heavy (non-hydrogen) atoms. The summed E-state index contributed by atoms with van der Waals surface area (Å²) in [6.07, 6.45) is 0.707. The van der Waals surface area contributed by atoms with Gasteiger partial charge in [0.05, 0.1) is 12.8 Å². The van der Waals surface area contributed by atoms with Gasteiger partial charge in [-0.15, -0.1) is 0 Å². The summed E-state index contributed by atoms with van der Waals surface area (Å²) in [5.41, 5.74) is 1.75. The van der Waals surface area contributed by atoms with Crippen LogP contribution in [0.3, 0.4) is 0 Å². The molecule has 1 heterocycles. The first kappa shape index (κ1) is 14.2. The van der Waals surface area contributed by atoms with Crippen molar-refractivity contribution < 1.29 is 13.2 Å². The van der Waals surface area contributed by atoms with Gasteiger partial charge in [0.25, 0.3) is 10.0 Å². The molecule has 0 unspecified atom stereocenters. The van der Waals surface area contributed by atoms with Gasteiger partial charge in [-0.05, 0) is 36.2 Å². The minimum absolute atomic E-state index is 0.0919. The number of benzene rings is 2. The van der Waals surface area contributed by atoms with Gasteiger partial charge in [-0.25, -0.2) is 8.42 Å². The van der Waals surface area contributed by atoms with Crippen LogP contribution in [0, 0.1) is 0 Å². The third-order valence-electron chi connectivity index (χ3n) is 3.54. The van der Waals surface area contributed by atoms with Gasteiger partial charge in [-0.3, -0.25) is 4.31 Å². The molecule has 6 heteroatoms. The van der Waals surface area contributed by atoms with Crippen LogP contribution in [0.1, 0.15) is 5.56 Å². The number of hydrogen-bond donors (Lipinski definition) is 0. The van der Waals surface area contributed by atoms with Crippen LogP contribution in [-0.2, 0) is 16.4 Å². The summed E-state index contributed by atoms with van der Waals surface area (Å²) >= 11 is 5.95. The average Bonchev–Trinajstić information content (AvgIpc) is 2.92. The molecule has 4 nitrogen and oxygen atoms in total. The Morgan fingerprint density at radius 2 is 1.95 bits per heavy atom. The first-order valence-corrected chi connectivity index (χ1v) is 8.30. The lowest BCUT2D eigenvalue weighted by Crippen LogP contribution is -2.29. The maximum atomic E-state index is 12.9. The van der Waals surface area contributed by atoms with Crippen LogP contribution < -0.4 is 9.04 Å². The molecule has 110 valence electrons. The Bertz CT molecular complexity index is 789. The zero-order valence-corrected chi connectivity index (χ0v) is 13.0. The number of ether oxygens (including phenoxy) is 1. The van der Waals surface area contributed by atoms with Crippen molar-refractivity contribution in [1.29, 1.82) is 0 Å². The van der Waals surface area contributed by atoms with Gasteiger partial charge in [0.1, 0.15) is 10.6 Å². The van der Waals surface area contributed by atoms with Crippen LogP contribution >= 0.6 is 11.6 Å². The van der Waals surface area contributed by atoms with E-state index in [1.54, 1.807) is 12.1 Å². The smallest absolute Gasteiger partial charge is 0.268 e. The van der Waals surface area contributed by atoms with E-state index in [4.69, 9.17) is 16.3 Å². The summed E-state index contributed by atoms with van der Waals surface area (Å²) in [5, 5.41) is 0.363. The Morgan fingerprint density at radius 3 is 2.71 bits per heavy atom. The average molecular weight is 324 g/mol. The first-order valence-electron chi connectivity index (χ1n) is 6.48. The Morgan fingerprint density at radius 1 is 1.19 bits per heavy atom. The predicted molar refractivity (Wildman–Crippen MR) is 82.7 cm³/mol. The number of hydrogen-bond acceptors (Lipinski definition) is 3. The van der Waals surface area contributed by atoms with Crippen molar-refractivity contribution in [2.75, 3.05) is 18.0 Å². The van der Waals surface area contributed by atoms with Crippen LogP contribution in [0.5, 0.6) is 5.75 Å². The number of nitrogens with zero attached hydrogens (tertiary/aromatic N) is 1. The molecule has 0 saturated carbocycles. The predicted octanol–water partition coefficient (Wildman–Crippen LogP) is 3.10. The van der Waals surface area contributed by atoms with Gasteiger partial charge in [-0.1, -0.05) is 29.8 Å². The van der Waals surface area contributed by atoms with Crippen molar-refractivity contribution >= 4 is 27.3 Å². The second-order valence-electron chi connectivity index (χ2n) is 4.75. The van der Waals surface area contributed by atoms with Gasteiger partial charge >= 0.3 is 0 Å². The summed E-state index contributed by atoms with van der Waals surface area (Å²) in [5.74, 6) is 0.295. The van der Waals surface area contributed by atoms with E-state index in [0.717, 1.165) is 11.3 Å². The standard InChI is InChI=1S/C15H14ClNO3S/c1-20-14-7-6-12(16)10-15(14)21(18,19)17-9-8-11-4-2-3-5-13(11)17/h2-7,10H,8-9H2,1H3. The molecule has 0 amide bonds. The molecule has 2 aromatic rings. The maximum absolute atomic E-state index is 12.9. The van der Waals surface area contributed by atoms with Crippen LogP contribution in [0.25, 0.3) is 0 Å². The SMILES string of the molecule is COc1ccc(Cl)cc1S(=O)(=O)N1CCc2ccccc21. The fraction of sp³-hybridized carbons (Fsp3) is 0.200. The van der Waals surface area contributed by atoms with E-state index in [0.29, 0.717) is 23.7 Å². The second-order valence-corrected chi connectivity index (χ2v) is 7.02. The van der Waals surface area contributed by atoms with Crippen LogP contribution in [0.15, 0.2) is 47.4 Å². The van der Waals surface area contributed by atoms with Crippen molar-refractivity contribution in [3.05, 3.63) is 53.1 Å². The molecule has 1 aliphatic rings. The molecule has 0 atom stereocenters. The molecule has 3 rings (SSSR count). The largest absolute Gasteiger partial charge is 0.495 e. The lowest BCUT2D eigenvalue weighted by Gasteiger charge is -2.21. The van der Waals surface area contributed by atoms with E-state index < -0.39 is 10.0 Å². The maximum Gasteiger partial charge on any atom is 0.268 e. The van der Waals surface area contributed by atoms with Crippen molar-refractivity contribution in [2.45, 2.75) is 11.3 Å². The highest BCUT2D eigenvalue weighted by Gasteiger charge is 2.32. The second kappa shape index (κ2) is 5.24. The topological polar surface area (TPSA) is 46.6 Å². The van der Waals surface area contributed by atoms with Crippen molar-refractivity contribution in [1.82, 2.24) is 0 Å². The Hall–Kier alpha value is -1.72. The molecule has 1 aliphatic heterocycles. The van der Waals surface area contributed by atoms with E-state index in [-0.39, 0.29) is 4.90 Å². The van der Waals surface area contributed by atoms with Gasteiger partial charge in [0.2, 0.25) is 0 Å². The molecular weight excluding hydrogens is 310 g/mol. The lowest BCUT2D eigenvalue weighted by molar-refractivity contribution is 0.402. The lowest BCUT2D eigenvalue weighted by atomic mass is 10.2. The summed E-state index contributed by atoms with van der Waals surface area (Å²) in [7, 11) is -2.25. The number of fused-ring (bicyclic) bond motifs is 1. The van der Waals surface area contributed by atoms with E-state index in [9.17, 15) is 8.42 Å². The minimum atomic E-state index is -3.69. The third-order valence-corrected chi connectivity index (χ3v) is 5.61. The number of halogens is 1. The molecule has 0 bridgehead atoms. The minimum Gasteiger partial charge on any atom is -0.495 e.